The number of hydrogen-bond donors (Lipinski definition) is 1. The number of nitrogens with one attached hydrogen (secondary N) is 1. The standard InChI is InChI=1S/C24H32N4O3S/c1-17-7-6-13-27(14-10-17)23(31)18-8-5-9-19(15-18)25-21(29)16-20-22(30)26-24(32-20)28-11-3-2-4-12-28/h5,8-9,15,17,20H,2-4,6-7,10-14,16H2,1H3,(H,25,29). The van der Waals surface area contributed by atoms with Crippen molar-refractivity contribution in [2.45, 2.75) is 57.1 Å². The summed E-state index contributed by atoms with van der Waals surface area (Å²) in [4.78, 5) is 46.2. The molecule has 8 heteroatoms. The van der Waals surface area contributed by atoms with Crippen molar-refractivity contribution in [1.82, 2.24) is 9.80 Å². The lowest BCUT2D eigenvalue weighted by Crippen LogP contribution is -2.33. The van der Waals surface area contributed by atoms with Crippen LogP contribution < -0.4 is 5.32 Å². The largest absolute Gasteiger partial charge is 0.351 e. The molecule has 3 heterocycles. The first-order chi connectivity index (χ1) is 15.5. The Labute approximate surface area is 194 Å². The zero-order chi connectivity index (χ0) is 22.5. The Morgan fingerprint density at radius 2 is 1.91 bits per heavy atom. The number of amides is 3. The van der Waals surface area contributed by atoms with Crippen molar-refractivity contribution in [2.24, 2.45) is 10.9 Å². The maximum atomic E-state index is 13.0. The van der Waals surface area contributed by atoms with Gasteiger partial charge in [-0.1, -0.05) is 24.8 Å². The Kier molecular flexibility index (Phi) is 7.50. The SMILES string of the molecule is CC1CCCN(C(=O)c2cccc(NC(=O)CC3SC(N4CCCCC4)=NC3=O)c2)CC1. The highest BCUT2D eigenvalue weighted by Gasteiger charge is 2.33. The fourth-order valence-electron chi connectivity index (χ4n) is 4.49. The van der Waals surface area contributed by atoms with E-state index in [1.165, 1.54) is 18.2 Å². The molecule has 1 aromatic carbocycles. The second kappa shape index (κ2) is 10.5. The highest BCUT2D eigenvalue weighted by atomic mass is 32.2. The van der Waals surface area contributed by atoms with Gasteiger partial charge in [0.25, 0.3) is 11.8 Å². The van der Waals surface area contributed by atoms with Crippen LogP contribution in [0.25, 0.3) is 0 Å². The quantitative estimate of drug-likeness (QED) is 0.746. The van der Waals surface area contributed by atoms with Gasteiger partial charge >= 0.3 is 0 Å². The number of amidine groups is 1. The monoisotopic (exact) mass is 456 g/mol. The summed E-state index contributed by atoms with van der Waals surface area (Å²) in [5.74, 6) is 0.189. The van der Waals surface area contributed by atoms with Gasteiger partial charge in [0, 0.05) is 43.9 Å². The van der Waals surface area contributed by atoms with Crippen molar-refractivity contribution < 1.29 is 14.4 Å². The molecule has 3 amide bonds. The van der Waals surface area contributed by atoms with Crippen molar-refractivity contribution in [2.75, 3.05) is 31.5 Å². The number of carbonyl (C=O) groups is 3. The number of hydrogen-bond acceptors (Lipinski definition) is 5. The van der Waals surface area contributed by atoms with Gasteiger partial charge in [0.15, 0.2) is 5.17 Å². The van der Waals surface area contributed by atoms with Crippen molar-refractivity contribution in [3.63, 3.8) is 0 Å². The predicted octanol–water partition coefficient (Wildman–Crippen LogP) is 3.76. The van der Waals surface area contributed by atoms with E-state index in [0.29, 0.717) is 17.2 Å². The van der Waals surface area contributed by atoms with Crippen LogP contribution in [0.15, 0.2) is 29.3 Å². The maximum Gasteiger partial charge on any atom is 0.262 e. The molecule has 1 N–H and O–H groups in total. The van der Waals surface area contributed by atoms with Gasteiger partial charge in [-0.05, 0) is 62.6 Å². The first kappa shape index (κ1) is 22.8. The summed E-state index contributed by atoms with van der Waals surface area (Å²) < 4.78 is 0. The Morgan fingerprint density at radius 3 is 2.72 bits per heavy atom. The van der Waals surface area contributed by atoms with E-state index in [-0.39, 0.29) is 24.1 Å². The highest BCUT2D eigenvalue weighted by Crippen LogP contribution is 2.29. The van der Waals surface area contributed by atoms with Crippen LogP contribution >= 0.6 is 11.8 Å². The molecule has 172 valence electrons. The van der Waals surface area contributed by atoms with Crippen LogP contribution in [0.2, 0.25) is 0 Å². The zero-order valence-corrected chi connectivity index (χ0v) is 19.5. The van der Waals surface area contributed by atoms with Gasteiger partial charge < -0.3 is 15.1 Å². The normalized spacial score (nSPS) is 24.2. The average molecular weight is 457 g/mol. The van der Waals surface area contributed by atoms with E-state index in [1.807, 2.05) is 4.90 Å². The first-order valence-corrected chi connectivity index (χ1v) is 12.6. The molecule has 0 saturated carbocycles. The van der Waals surface area contributed by atoms with Crippen molar-refractivity contribution >= 4 is 40.3 Å². The summed E-state index contributed by atoms with van der Waals surface area (Å²) >= 11 is 1.40. The lowest BCUT2D eigenvalue weighted by Gasteiger charge is -2.27. The van der Waals surface area contributed by atoms with E-state index in [2.05, 4.69) is 22.1 Å². The van der Waals surface area contributed by atoms with Gasteiger partial charge in [0.1, 0.15) is 5.25 Å². The van der Waals surface area contributed by atoms with Crippen molar-refractivity contribution in [1.29, 1.82) is 0 Å². The van der Waals surface area contributed by atoms with Gasteiger partial charge in [0.05, 0.1) is 0 Å². The summed E-state index contributed by atoms with van der Waals surface area (Å²) in [6.45, 7) is 5.64. The van der Waals surface area contributed by atoms with Crippen LogP contribution in [0.5, 0.6) is 0 Å². The lowest BCUT2D eigenvalue weighted by atomic mass is 10.0. The smallest absolute Gasteiger partial charge is 0.262 e. The minimum absolute atomic E-state index is 0.0105. The Balaban J connectivity index is 1.32. The molecule has 2 saturated heterocycles. The third-order valence-corrected chi connectivity index (χ3v) is 7.64. The summed E-state index contributed by atoms with van der Waals surface area (Å²) in [5.41, 5.74) is 1.16. The third-order valence-electron chi connectivity index (χ3n) is 6.42. The molecule has 0 radical (unpaired) electrons. The highest BCUT2D eigenvalue weighted by molar-refractivity contribution is 8.15. The molecule has 2 atom stereocenters. The molecule has 0 bridgehead atoms. The van der Waals surface area contributed by atoms with E-state index in [0.717, 1.165) is 63.5 Å². The van der Waals surface area contributed by atoms with Gasteiger partial charge in [-0.3, -0.25) is 14.4 Å². The summed E-state index contributed by atoms with van der Waals surface area (Å²) in [6, 6.07) is 7.09. The molecular formula is C24H32N4O3S. The Bertz CT molecular complexity index is 897. The van der Waals surface area contributed by atoms with Crippen LogP contribution in [0.4, 0.5) is 5.69 Å². The number of benzene rings is 1. The molecule has 0 spiro atoms. The molecule has 3 aliphatic rings. The minimum Gasteiger partial charge on any atom is -0.351 e. The van der Waals surface area contributed by atoms with Gasteiger partial charge in [0.2, 0.25) is 5.91 Å². The molecule has 0 aromatic heterocycles. The molecule has 1 aromatic rings. The average Bonchev–Trinajstić information content (AvgIpc) is 3.01. The van der Waals surface area contributed by atoms with Crippen LogP contribution in [0.1, 0.15) is 62.2 Å². The number of aliphatic imine (C=N–C) groups is 1. The van der Waals surface area contributed by atoms with E-state index in [4.69, 9.17) is 0 Å². The summed E-state index contributed by atoms with van der Waals surface area (Å²) in [7, 11) is 0. The number of thioether (sulfide) groups is 1. The van der Waals surface area contributed by atoms with E-state index < -0.39 is 5.25 Å². The van der Waals surface area contributed by atoms with E-state index in [9.17, 15) is 14.4 Å². The molecule has 2 fully saturated rings. The van der Waals surface area contributed by atoms with E-state index >= 15 is 0 Å². The topological polar surface area (TPSA) is 82.1 Å². The maximum absolute atomic E-state index is 13.0. The lowest BCUT2D eigenvalue weighted by molar-refractivity contribution is -0.121. The summed E-state index contributed by atoms with van der Waals surface area (Å²) in [5, 5.41) is 3.14. The first-order valence-electron chi connectivity index (χ1n) is 11.7. The van der Waals surface area contributed by atoms with Gasteiger partial charge in [-0.2, -0.15) is 4.99 Å². The number of piperidine rings is 1. The molecule has 7 nitrogen and oxygen atoms in total. The van der Waals surface area contributed by atoms with Crippen LogP contribution in [-0.2, 0) is 9.59 Å². The number of nitrogens with zero attached hydrogens (tertiary/aromatic N) is 3. The molecular weight excluding hydrogens is 424 g/mol. The van der Waals surface area contributed by atoms with Crippen molar-refractivity contribution in [3.8, 4) is 0 Å². The van der Waals surface area contributed by atoms with Crippen molar-refractivity contribution in [3.05, 3.63) is 29.8 Å². The van der Waals surface area contributed by atoms with Gasteiger partial charge in [-0.15, -0.1) is 0 Å². The van der Waals surface area contributed by atoms with Crippen LogP contribution in [0.3, 0.4) is 0 Å². The zero-order valence-electron chi connectivity index (χ0n) is 18.7. The molecule has 2 unspecified atom stereocenters. The van der Waals surface area contributed by atoms with Crippen LogP contribution in [0, 0.1) is 5.92 Å². The fraction of sp³-hybridized carbons (Fsp3) is 0.583. The second-order valence-electron chi connectivity index (χ2n) is 9.05. The van der Waals surface area contributed by atoms with E-state index in [1.54, 1.807) is 24.3 Å². The number of carbonyl (C=O) groups excluding carboxylic acids is 3. The summed E-state index contributed by atoms with van der Waals surface area (Å²) in [6.07, 6.45) is 6.73. The number of rotatable bonds is 4. The third kappa shape index (κ3) is 5.71. The molecule has 4 rings (SSSR count). The predicted molar refractivity (Wildman–Crippen MR) is 128 cm³/mol. The number of anilines is 1. The van der Waals surface area contributed by atoms with Gasteiger partial charge in [-0.25, -0.2) is 0 Å². The van der Waals surface area contributed by atoms with Crippen LogP contribution in [-0.4, -0.2) is 64.1 Å². The second-order valence-corrected chi connectivity index (χ2v) is 10.2. The Morgan fingerprint density at radius 1 is 1.09 bits per heavy atom. The minimum atomic E-state index is -0.476. The molecule has 3 aliphatic heterocycles. The Hall–Kier alpha value is -2.35. The molecule has 32 heavy (non-hydrogen) atoms. The fourth-order valence-corrected chi connectivity index (χ4v) is 5.61. The number of likely N-dealkylation sites (tertiary alicyclic amines) is 2. The molecule has 0 aliphatic carbocycles.